The van der Waals surface area contributed by atoms with Crippen LogP contribution in [0.3, 0.4) is 0 Å². The lowest BCUT2D eigenvalue weighted by molar-refractivity contribution is -0.125. The van der Waals surface area contributed by atoms with Crippen molar-refractivity contribution in [3.63, 3.8) is 0 Å². The molecule has 0 bridgehead atoms. The van der Waals surface area contributed by atoms with Crippen molar-refractivity contribution in [3.05, 3.63) is 24.3 Å². The largest absolute Gasteiger partial charge is 0.409 e. The highest BCUT2D eigenvalue weighted by molar-refractivity contribution is 5.82. The summed E-state index contributed by atoms with van der Waals surface area (Å²) in [5.74, 6) is -0.627. The van der Waals surface area contributed by atoms with Crippen molar-refractivity contribution >= 4 is 5.78 Å². The molecule has 0 spiro atoms. The van der Waals surface area contributed by atoms with Crippen LogP contribution in [-0.4, -0.2) is 48.2 Å². The normalized spacial score (nSPS) is 18.2. The molecule has 0 heterocycles. The second kappa shape index (κ2) is 7.45. The van der Waals surface area contributed by atoms with Crippen LogP contribution in [0.2, 0.25) is 0 Å². The first kappa shape index (κ1) is 17.9. The first-order chi connectivity index (χ1) is 8.56. The van der Waals surface area contributed by atoms with Gasteiger partial charge in [-0.05, 0) is 21.0 Å². The van der Waals surface area contributed by atoms with E-state index in [-0.39, 0.29) is 11.9 Å². The fourth-order valence-electron chi connectivity index (χ4n) is 1.72. The fraction of sp³-hybridized carbons (Fsp3) is 0.615. The van der Waals surface area contributed by atoms with E-state index in [9.17, 15) is 23.1 Å². The van der Waals surface area contributed by atoms with Gasteiger partial charge < -0.3 is 5.11 Å². The van der Waals surface area contributed by atoms with Crippen molar-refractivity contribution in [2.75, 3.05) is 14.1 Å². The summed E-state index contributed by atoms with van der Waals surface area (Å²) in [5, 5.41) is 10.0. The molecule has 0 amide bonds. The Bertz CT molecular complexity index is 348. The summed E-state index contributed by atoms with van der Waals surface area (Å²) in [4.78, 5) is 13.0. The van der Waals surface area contributed by atoms with E-state index >= 15 is 0 Å². The molecule has 0 fully saturated rings. The molecule has 6 heteroatoms. The predicted molar refractivity (Wildman–Crippen MR) is 67.7 cm³/mol. The summed E-state index contributed by atoms with van der Waals surface area (Å²) in [5.41, 5.74) is 0. The van der Waals surface area contributed by atoms with Crippen molar-refractivity contribution in [1.82, 2.24) is 4.90 Å². The minimum atomic E-state index is -4.35. The van der Waals surface area contributed by atoms with E-state index in [4.69, 9.17) is 0 Å². The molecule has 0 aromatic rings. The molecule has 0 aliphatic heterocycles. The summed E-state index contributed by atoms with van der Waals surface area (Å²) < 4.78 is 35.6. The van der Waals surface area contributed by atoms with Gasteiger partial charge in [0.05, 0.1) is 12.1 Å². The summed E-state index contributed by atoms with van der Waals surface area (Å²) in [6.45, 7) is 3.01. The average molecular weight is 279 g/mol. The molecule has 0 aromatic carbocycles. The lowest BCUT2D eigenvalue weighted by Crippen LogP contribution is -2.46. The molecule has 0 unspecified atom stereocenters. The average Bonchev–Trinajstić information content (AvgIpc) is 2.21. The maximum Gasteiger partial charge on any atom is 0.409 e. The first-order valence-electron chi connectivity index (χ1n) is 5.84. The molecule has 110 valence electrons. The van der Waals surface area contributed by atoms with Gasteiger partial charge in [0.15, 0.2) is 0 Å². The van der Waals surface area contributed by atoms with Crippen molar-refractivity contribution in [1.29, 1.82) is 0 Å². The molecular weight excluding hydrogens is 259 g/mol. The number of likely N-dealkylation sites (N-methyl/N-ethyl adjacent to an activating group) is 1. The Hall–Kier alpha value is -1.14. The van der Waals surface area contributed by atoms with Gasteiger partial charge in [0.2, 0.25) is 0 Å². The summed E-state index contributed by atoms with van der Waals surface area (Å²) in [6, 6.07) is -0.675. The van der Waals surface area contributed by atoms with Crippen molar-refractivity contribution < 1.29 is 23.1 Å². The first-order valence-corrected chi connectivity index (χ1v) is 5.84. The maximum absolute atomic E-state index is 11.9. The zero-order valence-corrected chi connectivity index (χ0v) is 11.5. The van der Waals surface area contributed by atoms with Gasteiger partial charge in [-0.2, -0.15) is 13.2 Å². The van der Waals surface area contributed by atoms with Gasteiger partial charge in [0, 0.05) is 12.0 Å². The van der Waals surface area contributed by atoms with Crippen molar-refractivity contribution in [3.8, 4) is 0 Å². The smallest absolute Gasteiger partial charge is 0.390 e. The quantitative estimate of drug-likeness (QED) is 0.758. The third kappa shape index (κ3) is 7.12. The molecule has 19 heavy (non-hydrogen) atoms. The van der Waals surface area contributed by atoms with Crippen LogP contribution in [0.15, 0.2) is 24.3 Å². The highest BCUT2D eigenvalue weighted by Crippen LogP contribution is 2.17. The van der Waals surface area contributed by atoms with Crippen molar-refractivity contribution in [2.45, 2.75) is 32.2 Å². The molecule has 0 radical (unpaired) electrons. The Balaban J connectivity index is 4.65. The van der Waals surface area contributed by atoms with E-state index in [1.54, 1.807) is 25.9 Å². The number of aliphatic hydroxyl groups is 1. The molecule has 0 aromatic heterocycles. The monoisotopic (exact) mass is 279 g/mol. The zero-order chi connectivity index (χ0) is 15.2. The van der Waals surface area contributed by atoms with Crippen LogP contribution < -0.4 is 0 Å². The topological polar surface area (TPSA) is 40.5 Å². The number of Topliss-reactive ketones (excluding diaryl/α,β-unsaturated/α-hetero) is 1. The number of nitrogens with zero attached hydrogens (tertiary/aromatic N) is 1. The summed E-state index contributed by atoms with van der Waals surface area (Å²) in [6.07, 6.45) is -1.69. The zero-order valence-electron chi connectivity index (χ0n) is 11.5. The van der Waals surface area contributed by atoms with E-state index in [0.717, 1.165) is 6.08 Å². The molecule has 0 aliphatic carbocycles. The van der Waals surface area contributed by atoms with Crippen LogP contribution >= 0.6 is 0 Å². The Morgan fingerprint density at radius 3 is 2.16 bits per heavy atom. The van der Waals surface area contributed by atoms with Gasteiger partial charge in [0.25, 0.3) is 0 Å². The van der Waals surface area contributed by atoms with Crippen LogP contribution in [0.25, 0.3) is 0 Å². The maximum atomic E-state index is 11.9. The molecule has 0 saturated heterocycles. The van der Waals surface area contributed by atoms with Gasteiger partial charge >= 0.3 is 6.18 Å². The van der Waals surface area contributed by atoms with E-state index < -0.39 is 24.2 Å². The number of rotatable bonds is 6. The number of ketones is 1. The molecular formula is C13H20F3NO2. The molecule has 3 atom stereocenters. The predicted octanol–water partition coefficient (Wildman–Crippen LogP) is 2.18. The van der Waals surface area contributed by atoms with Crippen LogP contribution in [-0.2, 0) is 4.79 Å². The van der Waals surface area contributed by atoms with Gasteiger partial charge in [0.1, 0.15) is 5.78 Å². The standard InChI is InChI=1S/C13H20F3NO2/c1-9(7-5-6-8-13(14,15)16)12(19)11(10(2)18)17(3)4/h5-9,11-12,19H,1-4H3/b7-5+,8-6+/t9-,11-,12-/m1/s1. The second-order valence-electron chi connectivity index (χ2n) is 4.65. The van der Waals surface area contributed by atoms with Crippen LogP contribution in [0, 0.1) is 5.92 Å². The second-order valence-corrected chi connectivity index (χ2v) is 4.65. The Labute approximate surface area is 111 Å². The third-order valence-corrected chi connectivity index (χ3v) is 2.65. The number of carbonyl (C=O) groups excluding carboxylic acids is 1. The molecule has 0 rings (SSSR count). The number of alkyl halides is 3. The minimum Gasteiger partial charge on any atom is -0.390 e. The molecule has 3 nitrogen and oxygen atoms in total. The van der Waals surface area contributed by atoms with E-state index in [1.807, 2.05) is 0 Å². The SMILES string of the molecule is CC(=O)[C@H]([C@H](O)[C@H](C)/C=C/C=C/C(F)(F)F)N(C)C. The van der Waals surface area contributed by atoms with E-state index in [1.165, 1.54) is 19.1 Å². The number of hydrogen-bond acceptors (Lipinski definition) is 3. The highest BCUT2D eigenvalue weighted by atomic mass is 19.4. The third-order valence-electron chi connectivity index (χ3n) is 2.65. The van der Waals surface area contributed by atoms with Crippen LogP contribution in [0.5, 0.6) is 0 Å². The molecule has 0 saturated carbocycles. The minimum absolute atomic E-state index is 0.108. The lowest BCUT2D eigenvalue weighted by Gasteiger charge is -2.29. The van der Waals surface area contributed by atoms with Gasteiger partial charge in [-0.1, -0.05) is 25.2 Å². The van der Waals surface area contributed by atoms with Gasteiger partial charge in [-0.15, -0.1) is 0 Å². The Morgan fingerprint density at radius 1 is 1.26 bits per heavy atom. The van der Waals surface area contributed by atoms with Crippen molar-refractivity contribution in [2.24, 2.45) is 5.92 Å². The Kier molecular flexibility index (Phi) is 7.00. The number of allylic oxidation sites excluding steroid dienone is 3. The number of halogens is 3. The Morgan fingerprint density at radius 2 is 1.79 bits per heavy atom. The number of aliphatic hydroxyl groups excluding tert-OH is 1. The van der Waals surface area contributed by atoms with Gasteiger partial charge in [-0.25, -0.2) is 0 Å². The van der Waals surface area contributed by atoms with Gasteiger partial charge in [-0.3, -0.25) is 9.69 Å². The summed E-state index contributed by atoms with van der Waals surface area (Å²) in [7, 11) is 3.32. The lowest BCUT2D eigenvalue weighted by atomic mass is 9.94. The van der Waals surface area contributed by atoms with Crippen LogP contribution in [0.1, 0.15) is 13.8 Å². The molecule has 0 aliphatic rings. The molecule has 1 N–H and O–H groups in total. The van der Waals surface area contributed by atoms with E-state index in [2.05, 4.69) is 0 Å². The number of carbonyl (C=O) groups is 1. The fourth-order valence-corrected chi connectivity index (χ4v) is 1.72. The number of hydrogen-bond donors (Lipinski definition) is 1. The highest BCUT2D eigenvalue weighted by Gasteiger charge is 2.28. The summed E-state index contributed by atoms with van der Waals surface area (Å²) >= 11 is 0. The van der Waals surface area contributed by atoms with E-state index in [0.29, 0.717) is 0 Å². The van der Waals surface area contributed by atoms with Crippen LogP contribution in [0.4, 0.5) is 13.2 Å².